The van der Waals surface area contributed by atoms with Crippen LogP contribution in [0.25, 0.3) is 21.5 Å². The molecule has 47 heavy (non-hydrogen) atoms. The summed E-state index contributed by atoms with van der Waals surface area (Å²) in [5.41, 5.74) is -2.37. The van der Waals surface area contributed by atoms with Gasteiger partial charge in [0.2, 0.25) is 0 Å². The quantitative estimate of drug-likeness (QED) is 0.148. The molecule has 13 heteroatoms. The van der Waals surface area contributed by atoms with Gasteiger partial charge in [0, 0.05) is 0 Å². The fourth-order valence-corrected chi connectivity index (χ4v) is 7.07. The molecule has 0 aromatic heterocycles. The van der Waals surface area contributed by atoms with Crippen LogP contribution in [0.4, 0.5) is 0 Å². The number of fused-ring (bicyclic) bond motifs is 2. The summed E-state index contributed by atoms with van der Waals surface area (Å²) < 4.78 is 22.5. The molecule has 12 nitrogen and oxygen atoms in total. The lowest BCUT2D eigenvalue weighted by atomic mass is 9.99. The van der Waals surface area contributed by atoms with Crippen LogP contribution in [0.2, 0.25) is 0 Å². The van der Waals surface area contributed by atoms with Crippen molar-refractivity contribution in [2.75, 3.05) is 13.2 Å². The molecule has 2 aliphatic heterocycles. The van der Waals surface area contributed by atoms with Crippen LogP contribution in [0.5, 0.6) is 0 Å². The van der Waals surface area contributed by atoms with E-state index in [9.17, 15) is 40.2 Å². The smallest absolute Gasteiger partial charge is 0.338 e. The average Bonchev–Trinajstić information content (AvgIpc) is 3.10. The maximum atomic E-state index is 13.1. The van der Waals surface area contributed by atoms with Crippen LogP contribution in [0.15, 0.2) is 84.9 Å². The minimum Gasteiger partial charge on any atom is -0.453 e. The van der Waals surface area contributed by atoms with Crippen molar-refractivity contribution in [2.45, 2.75) is 59.7 Å². The summed E-state index contributed by atoms with van der Waals surface area (Å²) in [6.07, 6.45) is -12.3. The van der Waals surface area contributed by atoms with Crippen LogP contribution >= 0.6 is 11.8 Å². The van der Waals surface area contributed by atoms with Gasteiger partial charge >= 0.3 is 11.9 Å². The Morgan fingerprint density at radius 1 is 0.574 bits per heavy atom. The summed E-state index contributed by atoms with van der Waals surface area (Å²) in [4.78, 5) is 26.2. The van der Waals surface area contributed by atoms with Crippen molar-refractivity contribution in [3.8, 4) is 0 Å². The van der Waals surface area contributed by atoms with Crippen molar-refractivity contribution >= 4 is 45.2 Å². The largest absolute Gasteiger partial charge is 0.453 e. The van der Waals surface area contributed by atoms with Gasteiger partial charge in [0.05, 0.1) is 24.3 Å². The highest BCUT2D eigenvalue weighted by Gasteiger charge is 2.52. The van der Waals surface area contributed by atoms with Crippen LogP contribution < -0.4 is 0 Å². The average molecular weight is 667 g/mol. The zero-order valence-corrected chi connectivity index (χ0v) is 25.6. The van der Waals surface area contributed by atoms with Gasteiger partial charge in [-0.2, -0.15) is 0 Å². The summed E-state index contributed by atoms with van der Waals surface area (Å²) in [6, 6.07) is 24.5. The highest BCUT2D eigenvalue weighted by molar-refractivity contribution is 8.00. The van der Waals surface area contributed by atoms with Crippen molar-refractivity contribution in [2.24, 2.45) is 0 Å². The summed E-state index contributed by atoms with van der Waals surface area (Å²) in [6.45, 7) is -1.40. The minimum absolute atomic E-state index is 0.168. The van der Waals surface area contributed by atoms with E-state index in [1.54, 1.807) is 36.4 Å². The predicted octanol–water partition coefficient (Wildman–Crippen LogP) is 1.36. The van der Waals surface area contributed by atoms with Crippen molar-refractivity contribution in [1.29, 1.82) is 0 Å². The molecule has 2 saturated heterocycles. The molecule has 0 bridgehead atoms. The lowest BCUT2D eigenvalue weighted by Crippen LogP contribution is -2.62. The highest BCUT2D eigenvalue weighted by Crippen LogP contribution is 2.38. The van der Waals surface area contributed by atoms with Gasteiger partial charge in [0.1, 0.15) is 47.5 Å². The molecular weight excluding hydrogens is 632 g/mol. The van der Waals surface area contributed by atoms with Gasteiger partial charge in [-0.25, -0.2) is 9.59 Å². The number of thioether (sulfide) groups is 1. The molecule has 0 spiro atoms. The molecule has 2 heterocycles. The number of benzene rings is 4. The number of esters is 2. The minimum atomic E-state index is -1.68. The van der Waals surface area contributed by atoms with E-state index in [2.05, 4.69) is 0 Å². The number of rotatable bonds is 8. The van der Waals surface area contributed by atoms with Crippen LogP contribution in [-0.4, -0.2) is 115 Å². The molecule has 4 aromatic rings. The van der Waals surface area contributed by atoms with E-state index in [1.165, 1.54) is 0 Å². The van der Waals surface area contributed by atoms with Gasteiger partial charge < -0.3 is 49.6 Å². The fraction of sp³-hybridized carbons (Fsp3) is 0.353. The molecule has 10 atom stereocenters. The standard InChI is InChI=1S/C34H34O12S/c35-15-23-25(37)29(45-31(41)21-11-9-17-5-1-3-7-19(17)13-21)27(39)33(43-23)47-34-28(40)30(26(38)24(16-36)44-34)46-32(42)22-12-10-18-6-2-4-8-20(18)14-22/h1-14,23-30,33-40H,15-16H2/t23?,24?,25-,26-,27+,28?,29?,30-,33-,34-/m0/s1. The fourth-order valence-electron chi connectivity index (χ4n) is 5.76. The normalized spacial score (nSPS) is 31.0. The molecule has 0 amide bonds. The molecule has 0 saturated carbocycles. The second-order valence-electron chi connectivity index (χ2n) is 11.4. The van der Waals surface area contributed by atoms with E-state index in [-0.39, 0.29) is 11.1 Å². The maximum absolute atomic E-state index is 13.1. The third-order valence-electron chi connectivity index (χ3n) is 8.37. The number of carbonyl (C=O) groups excluding carboxylic acids is 2. The number of hydrogen-bond acceptors (Lipinski definition) is 13. The van der Waals surface area contributed by atoms with E-state index in [4.69, 9.17) is 18.9 Å². The maximum Gasteiger partial charge on any atom is 0.338 e. The van der Waals surface area contributed by atoms with Crippen molar-refractivity contribution in [1.82, 2.24) is 0 Å². The molecule has 248 valence electrons. The SMILES string of the molecule is O=C(OC1[C@@H](O)C(CO)O[C@@H](S[C@@H]2OC(CO)[C@H](O)[C@H](OC(=O)c3ccc4ccccc4c3)C2O)[C@@H]1O)c1ccc2ccccc2c1. The Hall–Kier alpha value is -3.63. The lowest BCUT2D eigenvalue weighted by Gasteiger charge is -2.45. The second-order valence-corrected chi connectivity index (χ2v) is 12.6. The Bertz CT molecular complexity index is 1610. The van der Waals surface area contributed by atoms with Gasteiger partial charge in [0.25, 0.3) is 0 Å². The monoisotopic (exact) mass is 666 g/mol. The Labute approximate surface area is 273 Å². The van der Waals surface area contributed by atoms with E-state index in [0.717, 1.165) is 21.5 Å². The van der Waals surface area contributed by atoms with Crippen molar-refractivity contribution in [3.05, 3.63) is 96.1 Å². The second kappa shape index (κ2) is 14.2. The zero-order chi connectivity index (χ0) is 33.2. The molecule has 2 fully saturated rings. The third-order valence-corrected chi connectivity index (χ3v) is 9.68. The number of carbonyl (C=O) groups is 2. The predicted molar refractivity (Wildman–Crippen MR) is 169 cm³/mol. The first-order chi connectivity index (χ1) is 22.7. The van der Waals surface area contributed by atoms with Gasteiger partial charge in [-0.1, -0.05) is 72.4 Å². The van der Waals surface area contributed by atoms with E-state index in [0.29, 0.717) is 11.8 Å². The molecule has 6 rings (SSSR count). The molecule has 0 radical (unpaired) electrons. The molecule has 4 unspecified atom stereocenters. The van der Waals surface area contributed by atoms with Crippen LogP contribution in [-0.2, 0) is 18.9 Å². The van der Waals surface area contributed by atoms with Gasteiger partial charge in [-0.15, -0.1) is 0 Å². The molecule has 2 aliphatic rings. The lowest BCUT2D eigenvalue weighted by molar-refractivity contribution is -0.215. The number of aliphatic hydroxyl groups is 6. The summed E-state index contributed by atoms with van der Waals surface area (Å²) in [7, 11) is 0. The molecule has 4 aromatic carbocycles. The molecular formula is C34H34O12S. The number of ether oxygens (including phenoxy) is 4. The molecule has 6 N–H and O–H groups in total. The van der Waals surface area contributed by atoms with E-state index >= 15 is 0 Å². The summed E-state index contributed by atoms with van der Waals surface area (Å²) >= 11 is 0.686. The van der Waals surface area contributed by atoms with Crippen LogP contribution in [0.1, 0.15) is 20.7 Å². The topological polar surface area (TPSA) is 192 Å². The summed E-state index contributed by atoms with van der Waals surface area (Å²) in [5, 5.41) is 67.3. The Morgan fingerprint density at radius 2 is 0.957 bits per heavy atom. The Kier molecular flexibility index (Phi) is 10.1. The summed E-state index contributed by atoms with van der Waals surface area (Å²) in [5.74, 6) is -1.67. The zero-order valence-electron chi connectivity index (χ0n) is 24.8. The van der Waals surface area contributed by atoms with Gasteiger partial charge in [-0.3, -0.25) is 0 Å². The van der Waals surface area contributed by atoms with E-state index < -0.39 is 84.9 Å². The highest BCUT2D eigenvalue weighted by atomic mass is 32.2. The van der Waals surface area contributed by atoms with Crippen molar-refractivity contribution in [3.63, 3.8) is 0 Å². The number of aliphatic hydroxyl groups excluding tert-OH is 6. The number of hydrogen-bond donors (Lipinski definition) is 6. The Morgan fingerprint density at radius 3 is 1.34 bits per heavy atom. The van der Waals surface area contributed by atoms with E-state index in [1.807, 2.05) is 48.5 Å². The Balaban J connectivity index is 1.18. The van der Waals surface area contributed by atoms with Crippen molar-refractivity contribution < 1.29 is 59.2 Å². The first kappa shape index (κ1) is 33.3. The first-order valence-corrected chi connectivity index (χ1v) is 15.9. The van der Waals surface area contributed by atoms with Crippen LogP contribution in [0, 0.1) is 0 Å². The van der Waals surface area contributed by atoms with Crippen LogP contribution in [0.3, 0.4) is 0 Å². The molecule has 0 aliphatic carbocycles. The first-order valence-electron chi connectivity index (χ1n) is 15.0. The third kappa shape index (κ3) is 6.85. The van der Waals surface area contributed by atoms with Gasteiger partial charge in [-0.05, 0) is 45.8 Å². The van der Waals surface area contributed by atoms with Gasteiger partial charge in [0.15, 0.2) is 12.2 Å².